The highest BCUT2D eigenvalue weighted by Gasteiger charge is 2.28. The van der Waals surface area contributed by atoms with Gasteiger partial charge in [0.05, 0.1) is 6.61 Å². The summed E-state index contributed by atoms with van der Waals surface area (Å²) in [7, 11) is -3.25. The number of hydrogen-bond donors (Lipinski definition) is 1. The highest BCUT2D eigenvalue weighted by molar-refractivity contribution is 7.52. The van der Waals surface area contributed by atoms with E-state index < -0.39 is 7.75 Å². The molecule has 1 heterocycles. The molecule has 0 spiro atoms. The van der Waals surface area contributed by atoms with Gasteiger partial charge in [-0.2, -0.15) is 0 Å². The zero-order valence-corrected chi connectivity index (χ0v) is 12.7. The summed E-state index contributed by atoms with van der Waals surface area (Å²) < 4.78 is 23.2. The van der Waals surface area contributed by atoms with Crippen LogP contribution >= 0.6 is 19.1 Å². The SMILES string of the molecule is CCOP(=O)(NC(C)C)Oc1scc(C)c1C. The molecule has 0 saturated carbocycles. The number of thiophene rings is 1. The zero-order valence-electron chi connectivity index (χ0n) is 10.9. The third kappa shape index (κ3) is 4.11. The molecule has 17 heavy (non-hydrogen) atoms. The van der Waals surface area contributed by atoms with E-state index in [1.807, 2.05) is 33.1 Å². The van der Waals surface area contributed by atoms with Gasteiger partial charge in [-0.3, -0.25) is 4.52 Å². The van der Waals surface area contributed by atoms with Crippen LogP contribution in [0.5, 0.6) is 5.06 Å². The van der Waals surface area contributed by atoms with Gasteiger partial charge in [0, 0.05) is 11.6 Å². The summed E-state index contributed by atoms with van der Waals surface area (Å²) >= 11 is 1.44. The van der Waals surface area contributed by atoms with Crippen molar-refractivity contribution in [1.82, 2.24) is 5.09 Å². The monoisotopic (exact) mass is 277 g/mol. The summed E-state index contributed by atoms with van der Waals surface area (Å²) in [6, 6.07) is 0.0359. The lowest BCUT2D eigenvalue weighted by molar-refractivity contribution is 0.267. The molecule has 1 atom stereocenters. The molecule has 1 aromatic rings. The summed E-state index contributed by atoms with van der Waals surface area (Å²) in [4.78, 5) is 0. The molecule has 0 aliphatic carbocycles. The van der Waals surface area contributed by atoms with Crippen LogP contribution in [0.3, 0.4) is 0 Å². The van der Waals surface area contributed by atoms with Gasteiger partial charge in [-0.25, -0.2) is 9.65 Å². The van der Waals surface area contributed by atoms with E-state index in [2.05, 4.69) is 5.09 Å². The van der Waals surface area contributed by atoms with Crippen LogP contribution in [-0.4, -0.2) is 12.6 Å². The molecule has 0 aliphatic rings. The van der Waals surface area contributed by atoms with Crippen molar-refractivity contribution in [1.29, 1.82) is 0 Å². The molecule has 1 aromatic heterocycles. The first-order valence-corrected chi connectivity index (χ1v) is 8.07. The number of rotatable bonds is 6. The topological polar surface area (TPSA) is 47.6 Å². The van der Waals surface area contributed by atoms with E-state index in [4.69, 9.17) is 9.05 Å². The Morgan fingerprint density at radius 1 is 1.47 bits per heavy atom. The lowest BCUT2D eigenvalue weighted by Gasteiger charge is -2.20. The molecule has 0 aromatic carbocycles. The second-order valence-electron chi connectivity index (χ2n) is 4.12. The Kier molecular flexibility index (Phi) is 5.20. The van der Waals surface area contributed by atoms with Crippen LogP contribution in [0.1, 0.15) is 31.9 Å². The molecule has 1 N–H and O–H groups in total. The fourth-order valence-corrected chi connectivity index (χ4v) is 4.03. The summed E-state index contributed by atoms with van der Waals surface area (Å²) in [6.45, 7) is 9.90. The predicted molar refractivity (Wildman–Crippen MR) is 71.9 cm³/mol. The molecule has 98 valence electrons. The van der Waals surface area contributed by atoms with Gasteiger partial charge in [0.1, 0.15) is 0 Å². The molecule has 0 fully saturated rings. The van der Waals surface area contributed by atoms with Crippen LogP contribution in [-0.2, 0) is 9.09 Å². The van der Waals surface area contributed by atoms with E-state index in [-0.39, 0.29) is 6.04 Å². The van der Waals surface area contributed by atoms with E-state index in [0.717, 1.165) is 11.1 Å². The van der Waals surface area contributed by atoms with Gasteiger partial charge in [-0.05, 0) is 45.6 Å². The standard InChI is InChI=1S/C11H20NO3PS/c1-6-14-16(13,12-8(2)3)15-11-10(5)9(4)7-17-11/h7-8H,6H2,1-5H3,(H,12,13). The molecule has 4 nitrogen and oxygen atoms in total. The summed E-state index contributed by atoms with van der Waals surface area (Å²) in [6.07, 6.45) is 0. The fourth-order valence-electron chi connectivity index (χ4n) is 1.25. The molecule has 0 bridgehead atoms. The van der Waals surface area contributed by atoms with Crippen LogP contribution in [0.15, 0.2) is 5.38 Å². The summed E-state index contributed by atoms with van der Waals surface area (Å²) in [5.74, 6) is 0. The Hall–Kier alpha value is -0.350. The van der Waals surface area contributed by atoms with Crippen LogP contribution in [0.2, 0.25) is 0 Å². The van der Waals surface area contributed by atoms with Crippen LogP contribution in [0.4, 0.5) is 0 Å². The minimum absolute atomic E-state index is 0.0359. The largest absolute Gasteiger partial charge is 0.459 e. The third-order valence-corrected chi connectivity index (χ3v) is 5.21. The zero-order chi connectivity index (χ0) is 13.1. The second-order valence-corrected chi connectivity index (χ2v) is 6.66. The summed E-state index contributed by atoms with van der Waals surface area (Å²) in [5, 5.41) is 5.50. The van der Waals surface area contributed by atoms with Gasteiger partial charge in [0.25, 0.3) is 0 Å². The van der Waals surface area contributed by atoms with Crippen molar-refractivity contribution >= 4 is 19.1 Å². The molecule has 0 amide bonds. The number of nitrogens with one attached hydrogen (secondary N) is 1. The molecule has 0 saturated heterocycles. The first-order chi connectivity index (χ1) is 7.88. The average Bonchev–Trinajstić information content (AvgIpc) is 2.48. The maximum Gasteiger partial charge on any atom is 0.459 e. The predicted octanol–water partition coefficient (Wildman–Crippen LogP) is 3.89. The molecular formula is C11H20NO3PS. The highest BCUT2D eigenvalue weighted by Crippen LogP contribution is 2.47. The Bertz CT molecular complexity index is 417. The van der Waals surface area contributed by atoms with Gasteiger partial charge in [0.15, 0.2) is 5.06 Å². The Balaban J connectivity index is 2.86. The maximum atomic E-state index is 12.4. The molecule has 0 radical (unpaired) electrons. The van der Waals surface area contributed by atoms with Crippen LogP contribution in [0, 0.1) is 13.8 Å². The second kappa shape index (κ2) is 6.01. The van der Waals surface area contributed by atoms with Crippen molar-refractivity contribution in [2.24, 2.45) is 0 Å². The first kappa shape index (κ1) is 14.7. The normalized spacial score (nSPS) is 14.9. The van der Waals surface area contributed by atoms with E-state index >= 15 is 0 Å². The number of aryl methyl sites for hydroxylation is 1. The van der Waals surface area contributed by atoms with Crippen LogP contribution in [0.25, 0.3) is 0 Å². The highest BCUT2D eigenvalue weighted by atomic mass is 32.1. The van der Waals surface area contributed by atoms with Crippen molar-refractivity contribution < 1.29 is 13.6 Å². The average molecular weight is 277 g/mol. The number of hydrogen-bond acceptors (Lipinski definition) is 4. The Morgan fingerprint density at radius 3 is 2.53 bits per heavy atom. The van der Waals surface area contributed by atoms with E-state index in [0.29, 0.717) is 11.7 Å². The molecule has 0 aliphatic heterocycles. The lowest BCUT2D eigenvalue weighted by atomic mass is 10.2. The van der Waals surface area contributed by atoms with Crippen molar-refractivity contribution in [2.75, 3.05) is 6.61 Å². The minimum atomic E-state index is -3.25. The van der Waals surface area contributed by atoms with Crippen molar-refractivity contribution in [2.45, 2.75) is 40.7 Å². The molecule has 6 heteroatoms. The molecular weight excluding hydrogens is 257 g/mol. The van der Waals surface area contributed by atoms with Crippen molar-refractivity contribution in [3.63, 3.8) is 0 Å². The molecule has 1 unspecified atom stereocenters. The van der Waals surface area contributed by atoms with Gasteiger partial charge < -0.3 is 4.52 Å². The van der Waals surface area contributed by atoms with Crippen molar-refractivity contribution in [3.8, 4) is 5.06 Å². The van der Waals surface area contributed by atoms with E-state index in [9.17, 15) is 4.57 Å². The Labute approximate surface area is 107 Å². The van der Waals surface area contributed by atoms with Gasteiger partial charge in [-0.1, -0.05) is 0 Å². The maximum absolute atomic E-state index is 12.4. The first-order valence-electron chi connectivity index (χ1n) is 5.64. The van der Waals surface area contributed by atoms with Crippen LogP contribution < -0.4 is 9.61 Å². The fraction of sp³-hybridized carbons (Fsp3) is 0.636. The minimum Gasteiger partial charge on any atom is -0.402 e. The lowest BCUT2D eigenvalue weighted by Crippen LogP contribution is -2.23. The van der Waals surface area contributed by atoms with E-state index in [1.54, 1.807) is 6.92 Å². The Morgan fingerprint density at radius 2 is 2.12 bits per heavy atom. The third-order valence-electron chi connectivity index (χ3n) is 2.16. The summed E-state index contributed by atoms with van der Waals surface area (Å²) in [5.41, 5.74) is 2.15. The van der Waals surface area contributed by atoms with Gasteiger partial charge in [-0.15, -0.1) is 11.3 Å². The van der Waals surface area contributed by atoms with Gasteiger partial charge in [0.2, 0.25) is 0 Å². The van der Waals surface area contributed by atoms with Crippen molar-refractivity contribution in [3.05, 3.63) is 16.5 Å². The van der Waals surface area contributed by atoms with E-state index in [1.165, 1.54) is 11.3 Å². The molecule has 1 rings (SSSR count). The van der Waals surface area contributed by atoms with Gasteiger partial charge >= 0.3 is 7.75 Å². The quantitative estimate of drug-likeness (QED) is 0.801. The smallest absolute Gasteiger partial charge is 0.402 e.